The third-order valence-electron chi connectivity index (χ3n) is 4.85. The van der Waals surface area contributed by atoms with Crippen LogP contribution < -0.4 is 16.0 Å². The molecule has 1 amide bonds. The zero-order chi connectivity index (χ0) is 25.2. The second-order valence-electron chi connectivity index (χ2n) is 7.34. The molecule has 0 saturated heterocycles. The third-order valence-corrected chi connectivity index (χ3v) is 5.69. The molecular formula is C24H16F3IN4O3. The van der Waals surface area contributed by atoms with Crippen LogP contribution in [0.15, 0.2) is 76.6 Å². The lowest BCUT2D eigenvalue weighted by molar-refractivity contribution is -0.137. The van der Waals surface area contributed by atoms with Crippen LogP contribution in [0.3, 0.4) is 0 Å². The van der Waals surface area contributed by atoms with Gasteiger partial charge in [-0.3, -0.25) is 9.59 Å². The van der Waals surface area contributed by atoms with Gasteiger partial charge in [-0.1, -0.05) is 24.3 Å². The van der Waals surface area contributed by atoms with E-state index >= 15 is 0 Å². The Morgan fingerprint density at radius 3 is 2.60 bits per heavy atom. The Hall–Kier alpha value is -3.74. The molecule has 0 bridgehead atoms. The number of fused-ring (bicyclic) bond motifs is 1. The zero-order valence-corrected chi connectivity index (χ0v) is 19.9. The van der Waals surface area contributed by atoms with Crippen molar-refractivity contribution in [1.29, 1.82) is 0 Å². The van der Waals surface area contributed by atoms with Crippen molar-refractivity contribution >= 4 is 45.6 Å². The van der Waals surface area contributed by atoms with Crippen molar-refractivity contribution in [2.24, 2.45) is 10.8 Å². The lowest BCUT2D eigenvalue weighted by atomic mass is 10.1. The maximum absolute atomic E-state index is 13.3. The van der Waals surface area contributed by atoms with E-state index in [0.717, 1.165) is 16.8 Å². The first-order chi connectivity index (χ1) is 16.6. The van der Waals surface area contributed by atoms with Crippen LogP contribution in [-0.4, -0.2) is 28.4 Å². The van der Waals surface area contributed by atoms with Crippen LogP contribution in [-0.2, 0) is 11.0 Å². The number of aromatic nitrogens is 2. The number of hydrogen-bond donors (Lipinski definition) is 1. The predicted octanol–water partition coefficient (Wildman–Crippen LogP) is 4.43. The molecule has 3 aromatic carbocycles. The molecule has 178 valence electrons. The summed E-state index contributed by atoms with van der Waals surface area (Å²) < 4.78 is 46.9. The van der Waals surface area contributed by atoms with Gasteiger partial charge in [0, 0.05) is 5.56 Å². The molecule has 0 saturated carbocycles. The number of nitrogens with two attached hydrogens (primary N) is 1. The molecule has 0 aliphatic rings. The number of halogens is 4. The summed E-state index contributed by atoms with van der Waals surface area (Å²) in [7, 11) is 0. The Balaban J connectivity index is 1.81. The second kappa shape index (κ2) is 9.86. The molecular weight excluding hydrogens is 576 g/mol. The highest BCUT2D eigenvalue weighted by atomic mass is 127. The van der Waals surface area contributed by atoms with Crippen molar-refractivity contribution in [2.45, 2.75) is 6.18 Å². The highest BCUT2D eigenvalue weighted by Crippen LogP contribution is 2.32. The first-order valence-corrected chi connectivity index (χ1v) is 11.2. The fourth-order valence-corrected chi connectivity index (χ4v) is 3.94. The molecule has 0 unspecified atom stereocenters. The summed E-state index contributed by atoms with van der Waals surface area (Å²) in [5.74, 6) is -0.209. The molecule has 0 spiro atoms. The number of primary amides is 1. The third kappa shape index (κ3) is 5.50. The van der Waals surface area contributed by atoms with Gasteiger partial charge in [-0.05, 0) is 70.6 Å². The van der Waals surface area contributed by atoms with Crippen molar-refractivity contribution in [3.05, 3.63) is 91.8 Å². The average Bonchev–Trinajstić information content (AvgIpc) is 2.82. The van der Waals surface area contributed by atoms with Crippen molar-refractivity contribution in [3.8, 4) is 17.1 Å². The highest BCUT2D eigenvalue weighted by Gasteiger charge is 2.31. The lowest BCUT2D eigenvalue weighted by Crippen LogP contribution is -2.20. The molecule has 0 aliphatic heterocycles. The molecule has 4 rings (SSSR count). The summed E-state index contributed by atoms with van der Waals surface area (Å²) in [6, 6.07) is 16.0. The van der Waals surface area contributed by atoms with E-state index < -0.39 is 23.2 Å². The van der Waals surface area contributed by atoms with E-state index in [-0.39, 0.29) is 23.4 Å². The minimum atomic E-state index is -4.56. The largest absolute Gasteiger partial charge is 0.483 e. The van der Waals surface area contributed by atoms with E-state index in [9.17, 15) is 22.8 Å². The minimum Gasteiger partial charge on any atom is -0.483 e. The van der Waals surface area contributed by atoms with Crippen molar-refractivity contribution < 1.29 is 22.7 Å². The molecule has 1 heterocycles. The molecule has 0 radical (unpaired) electrons. The molecule has 2 N–H and O–H groups in total. The molecule has 11 heteroatoms. The Labute approximate surface area is 210 Å². The van der Waals surface area contributed by atoms with Gasteiger partial charge in [0.05, 0.1) is 26.3 Å². The van der Waals surface area contributed by atoms with E-state index in [4.69, 9.17) is 10.5 Å². The first kappa shape index (κ1) is 24.4. The van der Waals surface area contributed by atoms with Crippen LogP contribution in [0.2, 0.25) is 0 Å². The normalized spacial score (nSPS) is 11.8. The number of hydrogen-bond acceptors (Lipinski definition) is 5. The molecule has 4 aromatic rings. The molecule has 0 fully saturated rings. The second-order valence-corrected chi connectivity index (χ2v) is 8.50. The quantitative estimate of drug-likeness (QED) is 0.265. The topological polar surface area (TPSA) is 99.6 Å². The van der Waals surface area contributed by atoms with Crippen LogP contribution >= 0.6 is 22.6 Å². The van der Waals surface area contributed by atoms with E-state index in [0.29, 0.717) is 20.4 Å². The number of carbonyl (C=O) groups excluding carboxylic acids is 1. The number of benzene rings is 3. The number of amides is 1. The van der Waals surface area contributed by atoms with Crippen LogP contribution in [0.25, 0.3) is 22.3 Å². The summed E-state index contributed by atoms with van der Waals surface area (Å²) in [6.07, 6.45) is -3.18. The molecule has 0 aliphatic carbocycles. The smallest absolute Gasteiger partial charge is 0.416 e. The molecule has 35 heavy (non-hydrogen) atoms. The van der Waals surface area contributed by atoms with Gasteiger partial charge in [-0.15, -0.1) is 0 Å². The maximum atomic E-state index is 13.3. The summed E-state index contributed by atoms with van der Waals surface area (Å²) in [5, 5.41) is 4.53. The van der Waals surface area contributed by atoms with Crippen molar-refractivity contribution in [2.75, 3.05) is 6.61 Å². The highest BCUT2D eigenvalue weighted by molar-refractivity contribution is 14.1. The van der Waals surface area contributed by atoms with Gasteiger partial charge in [0.1, 0.15) is 5.75 Å². The Morgan fingerprint density at radius 1 is 1.11 bits per heavy atom. The van der Waals surface area contributed by atoms with Crippen LogP contribution in [0.1, 0.15) is 11.1 Å². The van der Waals surface area contributed by atoms with Gasteiger partial charge in [-0.2, -0.15) is 22.9 Å². The van der Waals surface area contributed by atoms with E-state index in [1.54, 1.807) is 42.5 Å². The number of alkyl halides is 3. The van der Waals surface area contributed by atoms with Crippen molar-refractivity contribution in [1.82, 2.24) is 9.66 Å². The Kier molecular flexibility index (Phi) is 6.87. The standard InChI is InChI=1S/C24H16F3IN4O3/c25-24(26,27)16-5-3-4-15(11-16)22-31-19-7-2-1-6-17(19)23(34)32(22)30-12-14-8-9-20(18(28)10-14)35-13-21(29)33/h1-12H,13H2,(H2,29,33). The van der Waals surface area contributed by atoms with Gasteiger partial charge >= 0.3 is 6.18 Å². The number of rotatable bonds is 6. The van der Waals surface area contributed by atoms with E-state index in [2.05, 4.69) is 10.1 Å². The molecule has 1 aromatic heterocycles. The number of para-hydroxylation sites is 1. The molecule has 7 nitrogen and oxygen atoms in total. The van der Waals surface area contributed by atoms with Gasteiger partial charge in [-0.25, -0.2) is 4.98 Å². The summed E-state index contributed by atoms with van der Waals surface area (Å²) in [5.41, 5.74) is 4.70. The number of nitrogens with zero attached hydrogens (tertiary/aromatic N) is 3. The SMILES string of the molecule is NC(=O)COc1ccc(C=Nn2c(-c3cccc(C(F)(F)F)c3)nc3ccccc3c2=O)cc1I. The summed E-state index contributed by atoms with van der Waals surface area (Å²) in [4.78, 5) is 28.6. The van der Waals surface area contributed by atoms with Gasteiger partial charge < -0.3 is 10.5 Å². The number of carbonyl (C=O) groups is 1. The van der Waals surface area contributed by atoms with E-state index in [1.807, 2.05) is 22.6 Å². The first-order valence-electron chi connectivity index (χ1n) is 10.1. The maximum Gasteiger partial charge on any atom is 0.416 e. The van der Waals surface area contributed by atoms with Gasteiger partial charge in [0.2, 0.25) is 0 Å². The lowest BCUT2D eigenvalue weighted by Gasteiger charge is -2.12. The minimum absolute atomic E-state index is 0.0350. The predicted molar refractivity (Wildman–Crippen MR) is 133 cm³/mol. The number of ether oxygens (including phenoxy) is 1. The molecule has 0 atom stereocenters. The van der Waals surface area contributed by atoms with Crippen LogP contribution in [0.4, 0.5) is 13.2 Å². The van der Waals surface area contributed by atoms with Gasteiger partial charge in [0.25, 0.3) is 11.5 Å². The fourth-order valence-electron chi connectivity index (χ4n) is 3.24. The summed E-state index contributed by atoms with van der Waals surface area (Å²) in [6.45, 7) is -0.276. The van der Waals surface area contributed by atoms with E-state index in [1.165, 1.54) is 18.3 Å². The zero-order valence-electron chi connectivity index (χ0n) is 17.8. The Morgan fingerprint density at radius 2 is 1.89 bits per heavy atom. The van der Waals surface area contributed by atoms with Gasteiger partial charge in [0.15, 0.2) is 12.4 Å². The fraction of sp³-hybridized carbons (Fsp3) is 0.0833. The Bertz CT molecular complexity index is 1520. The average molecular weight is 592 g/mol. The van der Waals surface area contributed by atoms with Crippen LogP contribution in [0.5, 0.6) is 5.75 Å². The van der Waals surface area contributed by atoms with Crippen LogP contribution in [0, 0.1) is 3.57 Å². The summed E-state index contributed by atoms with van der Waals surface area (Å²) >= 11 is 2.01. The monoisotopic (exact) mass is 592 g/mol. The van der Waals surface area contributed by atoms with Crippen molar-refractivity contribution in [3.63, 3.8) is 0 Å².